The first-order valence-corrected chi connectivity index (χ1v) is 17.8. The van der Waals surface area contributed by atoms with Crippen molar-refractivity contribution in [3.05, 3.63) is 122 Å². The maximum atomic E-state index is 9.31. The minimum Gasteiger partial charge on any atom is -0.492 e. The fraction of sp³-hybridized carbons (Fsp3) is 0.325. The van der Waals surface area contributed by atoms with E-state index >= 15 is 0 Å². The number of benzene rings is 3. The fourth-order valence-corrected chi connectivity index (χ4v) is 6.83. The van der Waals surface area contributed by atoms with E-state index in [9.17, 15) is 5.26 Å². The number of ether oxygens (including phenoxy) is 3. The molecule has 0 saturated carbocycles. The highest BCUT2D eigenvalue weighted by Gasteiger charge is 2.20. The van der Waals surface area contributed by atoms with Crippen LogP contribution in [-0.4, -0.2) is 41.8 Å². The van der Waals surface area contributed by atoms with Gasteiger partial charge in [0.2, 0.25) is 0 Å². The number of halogens is 2. The van der Waals surface area contributed by atoms with Gasteiger partial charge in [0.05, 0.1) is 27.9 Å². The van der Waals surface area contributed by atoms with Crippen LogP contribution in [0.25, 0.3) is 11.1 Å². The second-order valence-corrected chi connectivity index (χ2v) is 13.8. The predicted molar refractivity (Wildman–Crippen MR) is 198 cm³/mol. The molecule has 1 N–H and O–H groups in total. The topological polar surface area (TPSA) is 106 Å². The lowest BCUT2D eigenvalue weighted by Crippen LogP contribution is -2.34. The number of aryl methyl sites for hydroxylation is 1. The third-order valence-corrected chi connectivity index (χ3v) is 9.70. The minimum atomic E-state index is 0.210. The Hall–Kier alpha value is -4.59. The number of nitriles is 1. The largest absolute Gasteiger partial charge is 0.492 e. The van der Waals surface area contributed by atoms with Gasteiger partial charge in [-0.1, -0.05) is 58.7 Å². The number of piperidine rings is 1. The van der Waals surface area contributed by atoms with Gasteiger partial charge in [0.15, 0.2) is 0 Å². The molecule has 1 aliphatic heterocycles. The van der Waals surface area contributed by atoms with Crippen LogP contribution >= 0.6 is 23.2 Å². The molecule has 3 aromatic carbocycles. The maximum absolute atomic E-state index is 9.31. The molecule has 0 amide bonds. The van der Waals surface area contributed by atoms with Crippen LogP contribution in [0.2, 0.25) is 10.0 Å². The average molecular weight is 727 g/mol. The summed E-state index contributed by atoms with van der Waals surface area (Å²) in [5.74, 6) is 3.01. The van der Waals surface area contributed by atoms with Gasteiger partial charge in [-0.25, -0.2) is 0 Å². The monoisotopic (exact) mass is 725 g/mol. The van der Waals surface area contributed by atoms with Crippen LogP contribution in [0.15, 0.2) is 77.6 Å². The zero-order valence-electron chi connectivity index (χ0n) is 29.0. The summed E-state index contributed by atoms with van der Waals surface area (Å²) in [5, 5.41) is 17.8. The standard InChI is InChI=1S/C40H41Cl2N5O4/c1-26-13-33(46-51-26)21-45-20-32-15-36(41)39(16-38(32)49-24-30-14-29(17-43)18-44-19-30)50-25-31-8-4-9-34(27(31)2)35-10-5-11-37(40(35)42)48-23-28-7-6-12-47(3)22-28/h4-5,8-11,13-16,18-19,28,45H,6-7,12,20-25H2,1-3H3. The van der Waals surface area contributed by atoms with E-state index in [1.54, 1.807) is 12.3 Å². The van der Waals surface area contributed by atoms with E-state index in [0.29, 0.717) is 58.5 Å². The van der Waals surface area contributed by atoms with Crippen molar-refractivity contribution in [3.8, 4) is 34.4 Å². The molecular weight excluding hydrogens is 685 g/mol. The molecular formula is C40H41Cl2N5O4. The van der Waals surface area contributed by atoms with Crippen molar-refractivity contribution in [2.24, 2.45) is 5.92 Å². The van der Waals surface area contributed by atoms with Gasteiger partial charge in [0.25, 0.3) is 0 Å². The molecule has 5 aromatic rings. The van der Waals surface area contributed by atoms with Gasteiger partial charge in [-0.2, -0.15) is 5.26 Å². The van der Waals surface area contributed by atoms with Crippen LogP contribution in [0.1, 0.15) is 52.1 Å². The lowest BCUT2D eigenvalue weighted by Gasteiger charge is -2.29. The highest BCUT2D eigenvalue weighted by Crippen LogP contribution is 2.39. The van der Waals surface area contributed by atoms with Crippen LogP contribution in [-0.2, 0) is 26.3 Å². The van der Waals surface area contributed by atoms with Crippen LogP contribution in [0.4, 0.5) is 0 Å². The van der Waals surface area contributed by atoms with E-state index in [2.05, 4.69) is 46.5 Å². The third-order valence-electron chi connectivity index (χ3n) is 9.01. The number of nitrogens with one attached hydrogen (secondary N) is 1. The fourth-order valence-electron chi connectivity index (χ4n) is 6.31. The summed E-state index contributed by atoms with van der Waals surface area (Å²) in [7, 11) is 2.16. The molecule has 1 unspecified atom stereocenters. The molecule has 1 saturated heterocycles. The Morgan fingerprint density at radius 3 is 2.55 bits per heavy atom. The molecule has 0 spiro atoms. The lowest BCUT2D eigenvalue weighted by molar-refractivity contribution is 0.150. The molecule has 51 heavy (non-hydrogen) atoms. The van der Waals surface area contributed by atoms with Gasteiger partial charge in [-0.15, -0.1) is 0 Å². The Bertz CT molecular complexity index is 2010. The first-order valence-electron chi connectivity index (χ1n) is 17.0. The molecule has 3 heterocycles. The van der Waals surface area contributed by atoms with E-state index in [1.807, 2.05) is 55.5 Å². The second-order valence-electron chi connectivity index (χ2n) is 13.0. The summed E-state index contributed by atoms with van der Waals surface area (Å²) in [6, 6.07) is 21.5. The molecule has 0 aliphatic carbocycles. The van der Waals surface area contributed by atoms with Crippen molar-refractivity contribution >= 4 is 23.2 Å². The van der Waals surface area contributed by atoms with E-state index in [0.717, 1.165) is 64.3 Å². The Morgan fingerprint density at radius 1 is 0.922 bits per heavy atom. The van der Waals surface area contributed by atoms with Gasteiger partial charge in [0.1, 0.15) is 42.3 Å². The Kier molecular flexibility index (Phi) is 12.1. The number of likely N-dealkylation sites (tertiary alicyclic amines) is 1. The minimum absolute atomic E-state index is 0.210. The number of hydrogen-bond acceptors (Lipinski definition) is 9. The summed E-state index contributed by atoms with van der Waals surface area (Å²) in [5.41, 5.74) is 6.83. The zero-order chi connectivity index (χ0) is 35.7. The molecule has 9 nitrogen and oxygen atoms in total. The third kappa shape index (κ3) is 9.40. The van der Waals surface area contributed by atoms with Crippen LogP contribution in [0.3, 0.4) is 0 Å². The van der Waals surface area contributed by atoms with E-state index in [-0.39, 0.29) is 13.2 Å². The van der Waals surface area contributed by atoms with Crippen molar-refractivity contribution in [1.29, 1.82) is 5.26 Å². The van der Waals surface area contributed by atoms with E-state index in [1.165, 1.54) is 12.6 Å². The van der Waals surface area contributed by atoms with Gasteiger partial charge in [0, 0.05) is 66.8 Å². The van der Waals surface area contributed by atoms with Gasteiger partial charge in [-0.05, 0) is 75.2 Å². The average Bonchev–Trinajstić information content (AvgIpc) is 3.55. The van der Waals surface area contributed by atoms with Crippen molar-refractivity contribution in [3.63, 3.8) is 0 Å². The smallest absolute Gasteiger partial charge is 0.142 e. The molecule has 1 atom stereocenters. The van der Waals surface area contributed by atoms with Gasteiger partial charge in [-0.3, -0.25) is 4.98 Å². The summed E-state index contributed by atoms with van der Waals surface area (Å²) < 4.78 is 24.1. The van der Waals surface area contributed by atoms with E-state index in [4.69, 9.17) is 41.9 Å². The number of rotatable bonds is 14. The lowest BCUT2D eigenvalue weighted by atomic mass is 9.96. The SMILES string of the molecule is Cc1cc(CNCc2cc(Cl)c(OCc3cccc(-c4cccc(OCC5CCCN(C)C5)c4Cl)c3C)cc2OCc2cncc(C#N)c2)no1. The molecule has 0 bridgehead atoms. The summed E-state index contributed by atoms with van der Waals surface area (Å²) in [6.07, 6.45) is 5.55. The molecule has 2 aromatic heterocycles. The molecule has 6 rings (SSSR count). The van der Waals surface area contributed by atoms with Crippen molar-refractivity contribution in [1.82, 2.24) is 20.4 Å². The number of aromatic nitrogens is 2. The van der Waals surface area contributed by atoms with Crippen molar-refractivity contribution < 1.29 is 18.7 Å². The summed E-state index contributed by atoms with van der Waals surface area (Å²) in [4.78, 5) is 6.51. The van der Waals surface area contributed by atoms with Crippen LogP contribution in [0.5, 0.6) is 17.2 Å². The molecule has 264 valence electrons. The van der Waals surface area contributed by atoms with Gasteiger partial charge >= 0.3 is 0 Å². The maximum Gasteiger partial charge on any atom is 0.142 e. The number of pyridine rings is 1. The zero-order valence-corrected chi connectivity index (χ0v) is 30.6. The summed E-state index contributed by atoms with van der Waals surface area (Å²) in [6.45, 7) is 8.20. The highest BCUT2D eigenvalue weighted by molar-refractivity contribution is 6.35. The molecule has 0 radical (unpaired) electrons. The first kappa shape index (κ1) is 36.2. The molecule has 11 heteroatoms. The van der Waals surface area contributed by atoms with Crippen LogP contribution < -0.4 is 19.5 Å². The van der Waals surface area contributed by atoms with Crippen LogP contribution in [0, 0.1) is 31.1 Å². The summed E-state index contributed by atoms with van der Waals surface area (Å²) >= 11 is 13.8. The number of nitrogens with zero attached hydrogens (tertiary/aromatic N) is 4. The quantitative estimate of drug-likeness (QED) is 0.120. The van der Waals surface area contributed by atoms with Gasteiger partial charge < -0.3 is 29.0 Å². The Labute approximate surface area is 309 Å². The second kappa shape index (κ2) is 17.1. The van der Waals surface area contributed by atoms with Crippen molar-refractivity contribution in [2.45, 2.75) is 53.0 Å². The van der Waals surface area contributed by atoms with E-state index < -0.39 is 0 Å². The first-order chi connectivity index (χ1) is 24.8. The molecule has 1 fully saturated rings. The Balaban J connectivity index is 1.18. The normalized spacial score (nSPS) is 14.6. The highest BCUT2D eigenvalue weighted by atomic mass is 35.5. The Morgan fingerprint density at radius 2 is 1.75 bits per heavy atom. The molecule has 1 aliphatic rings. The number of hydrogen-bond donors (Lipinski definition) is 1. The predicted octanol–water partition coefficient (Wildman–Crippen LogP) is 8.70. The van der Waals surface area contributed by atoms with Crippen molar-refractivity contribution in [2.75, 3.05) is 26.7 Å².